The molecule has 0 radical (unpaired) electrons. The molecule has 1 N–H and O–H groups in total. The Morgan fingerprint density at radius 3 is 2.62 bits per heavy atom. The van der Waals surface area contributed by atoms with E-state index in [4.69, 9.17) is 0 Å². The van der Waals surface area contributed by atoms with Gasteiger partial charge in [0, 0.05) is 0 Å². The molecule has 0 amide bonds. The van der Waals surface area contributed by atoms with E-state index < -0.39 is 0 Å². The third-order valence-corrected chi connectivity index (χ3v) is 5.11. The van der Waals surface area contributed by atoms with Gasteiger partial charge in [0.15, 0.2) is 0 Å². The molecule has 0 fully saturated rings. The highest BCUT2D eigenvalue weighted by Crippen LogP contribution is 2.38. The predicted molar refractivity (Wildman–Crippen MR) is 96.2 cm³/mol. The van der Waals surface area contributed by atoms with Crippen molar-refractivity contribution in [2.45, 2.75) is 39.3 Å². The first-order chi connectivity index (χ1) is 11.6. The average Bonchev–Trinajstić information content (AvgIpc) is 3.05. The molecule has 1 aliphatic heterocycles. The summed E-state index contributed by atoms with van der Waals surface area (Å²) in [4.78, 5) is 4.42. The van der Waals surface area contributed by atoms with Crippen LogP contribution in [0.1, 0.15) is 46.3 Å². The summed E-state index contributed by atoms with van der Waals surface area (Å²) in [5.74, 6) is 0.845. The Hall–Kier alpha value is -2.62. The maximum Gasteiger partial charge on any atom is 0.222 e. The lowest BCUT2D eigenvalue weighted by atomic mass is 9.90. The summed E-state index contributed by atoms with van der Waals surface area (Å²) in [5, 5.41) is 8.01. The van der Waals surface area contributed by atoms with E-state index in [1.165, 1.54) is 27.8 Å². The van der Waals surface area contributed by atoms with Gasteiger partial charge in [-0.15, -0.1) is 0 Å². The quantitative estimate of drug-likeness (QED) is 0.764. The van der Waals surface area contributed by atoms with E-state index in [1.807, 2.05) is 4.68 Å². The van der Waals surface area contributed by atoms with Crippen molar-refractivity contribution in [1.82, 2.24) is 14.8 Å². The Labute approximate surface area is 142 Å². The van der Waals surface area contributed by atoms with Crippen LogP contribution in [0.25, 0.3) is 0 Å². The minimum absolute atomic E-state index is 0.205. The van der Waals surface area contributed by atoms with Gasteiger partial charge in [-0.2, -0.15) is 10.1 Å². The van der Waals surface area contributed by atoms with Crippen LogP contribution in [-0.4, -0.2) is 14.8 Å². The van der Waals surface area contributed by atoms with Gasteiger partial charge in [-0.05, 0) is 55.0 Å². The Balaban J connectivity index is 1.76. The molecular weight excluding hydrogens is 296 g/mol. The number of nitrogens with zero attached hydrogens (tertiary/aromatic N) is 3. The summed E-state index contributed by atoms with van der Waals surface area (Å²) in [7, 11) is 0. The predicted octanol–water partition coefficient (Wildman–Crippen LogP) is 4.35. The summed E-state index contributed by atoms with van der Waals surface area (Å²) < 4.78 is 2.01. The van der Waals surface area contributed by atoms with Crippen LogP contribution in [0.2, 0.25) is 0 Å². The van der Waals surface area contributed by atoms with Crippen LogP contribution in [-0.2, 0) is 0 Å². The van der Waals surface area contributed by atoms with Crippen molar-refractivity contribution in [3.05, 3.63) is 76.6 Å². The first-order valence-electron chi connectivity index (χ1n) is 8.42. The number of hydrogen-bond donors (Lipinski definition) is 1. The van der Waals surface area contributed by atoms with Crippen molar-refractivity contribution in [3.8, 4) is 0 Å². The maximum absolute atomic E-state index is 4.46. The Morgan fingerprint density at radius 1 is 1.00 bits per heavy atom. The molecule has 4 rings (SSSR count). The number of aryl methyl sites for hydroxylation is 3. The van der Waals surface area contributed by atoms with Crippen molar-refractivity contribution in [2.75, 3.05) is 5.32 Å². The molecule has 0 bridgehead atoms. The van der Waals surface area contributed by atoms with Gasteiger partial charge in [-0.25, -0.2) is 4.68 Å². The van der Waals surface area contributed by atoms with Crippen LogP contribution >= 0.6 is 0 Å². The highest BCUT2D eigenvalue weighted by atomic mass is 15.4. The molecule has 0 spiro atoms. The summed E-state index contributed by atoms with van der Waals surface area (Å²) >= 11 is 0. The number of hydrogen-bond acceptors (Lipinski definition) is 3. The number of benzene rings is 2. The minimum atomic E-state index is 0.205. The van der Waals surface area contributed by atoms with Crippen LogP contribution in [0.4, 0.5) is 5.95 Å². The molecule has 2 heterocycles. The second-order valence-corrected chi connectivity index (χ2v) is 6.68. The molecule has 2 aromatic carbocycles. The van der Waals surface area contributed by atoms with Crippen molar-refractivity contribution in [3.63, 3.8) is 0 Å². The van der Waals surface area contributed by atoms with Gasteiger partial charge in [0.05, 0.1) is 12.1 Å². The number of nitrogens with one attached hydrogen (secondary N) is 1. The topological polar surface area (TPSA) is 42.7 Å². The molecule has 0 aliphatic carbocycles. The summed E-state index contributed by atoms with van der Waals surface area (Å²) in [6, 6.07) is 15.7. The van der Waals surface area contributed by atoms with E-state index in [-0.39, 0.29) is 12.1 Å². The second-order valence-electron chi connectivity index (χ2n) is 6.68. The molecule has 1 aliphatic rings. The fraction of sp³-hybridized carbons (Fsp3) is 0.300. The molecule has 0 unspecified atom stereocenters. The van der Waals surface area contributed by atoms with Gasteiger partial charge >= 0.3 is 0 Å². The van der Waals surface area contributed by atoms with Crippen molar-refractivity contribution >= 4 is 5.95 Å². The number of aromatic nitrogens is 3. The third kappa shape index (κ3) is 2.48. The Morgan fingerprint density at radius 2 is 1.83 bits per heavy atom. The van der Waals surface area contributed by atoms with E-state index in [1.54, 1.807) is 6.33 Å². The number of fused-ring (bicyclic) bond motifs is 1. The maximum atomic E-state index is 4.46. The zero-order valence-corrected chi connectivity index (χ0v) is 14.3. The molecular formula is C20H22N4. The monoisotopic (exact) mass is 318 g/mol. The van der Waals surface area contributed by atoms with E-state index in [0.717, 1.165) is 12.4 Å². The highest BCUT2D eigenvalue weighted by Gasteiger charge is 2.30. The van der Waals surface area contributed by atoms with Crippen LogP contribution in [0.5, 0.6) is 0 Å². The van der Waals surface area contributed by atoms with Crippen molar-refractivity contribution in [1.29, 1.82) is 0 Å². The van der Waals surface area contributed by atoms with Crippen molar-refractivity contribution in [2.24, 2.45) is 0 Å². The molecule has 24 heavy (non-hydrogen) atoms. The molecule has 4 nitrogen and oxygen atoms in total. The van der Waals surface area contributed by atoms with Crippen LogP contribution in [0.15, 0.2) is 48.8 Å². The van der Waals surface area contributed by atoms with Gasteiger partial charge in [0.1, 0.15) is 6.33 Å². The lowest BCUT2D eigenvalue weighted by Crippen LogP contribution is -2.28. The molecule has 2 atom stereocenters. The lowest BCUT2D eigenvalue weighted by Gasteiger charge is -2.32. The lowest BCUT2D eigenvalue weighted by molar-refractivity contribution is 0.429. The van der Waals surface area contributed by atoms with Gasteiger partial charge in [0.25, 0.3) is 0 Å². The largest absolute Gasteiger partial charge is 0.348 e. The molecule has 4 heteroatoms. The fourth-order valence-corrected chi connectivity index (χ4v) is 3.54. The number of anilines is 1. The van der Waals surface area contributed by atoms with Crippen LogP contribution < -0.4 is 5.32 Å². The molecule has 1 aromatic heterocycles. The van der Waals surface area contributed by atoms with Gasteiger partial charge < -0.3 is 5.32 Å². The third-order valence-electron chi connectivity index (χ3n) is 5.11. The minimum Gasteiger partial charge on any atom is -0.348 e. The average molecular weight is 318 g/mol. The van der Waals surface area contributed by atoms with Gasteiger partial charge in [-0.1, -0.05) is 42.5 Å². The number of rotatable bonds is 2. The highest BCUT2D eigenvalue weighted by molar-refractivity contribution is 5.41. The SMILES string of the molecule is Cc1ccc([C@H]2C[C@H](c3ccccc3C)n3ncnc3N2)cc1C. The van der Waals surface area contributed by atoms with Crippen LogP contribution in [0.3, 0.4) is 0 Å². The van der Waals surface area contributed by atoms with Gasteiger partial charge in [0.2, 0.25) is 5.95 Å². The zero-order chi connectivity index (χ0) is 16.7. The van der Waals surface area contributed by atoms with E-state index >= 15 is 0 Å². The summed E-state index contributed by atoms with van der Waals surface area (Å²) in [5.41, 5.74) is 6.58. The van der Waals surface area contributed by atoms with Crippen molar-refractivity contribution < 1.29 is 0 Å². The molecule has 0 saturated heterocycles. The normalized spacial score (nSPS) is 19.6. The smallest absolute Gasteiger partial charge is 0.222 e. The van der Waals surface area contributed by atoms with Gasteiger partial charge in [-0.3, -0.25) is 0 Å². The second kappa shape index (κ2) is 5.78. The van der Waals surface area contributed by atoms with E-state index in [9.17, 15) is 0 Å². The van der Waals surface area contributed by atoms with E-state index in [2.05, 4.69) is 78.6 Å². The standard InChI is InChI=1S/C20H22N4/c1-13-8-9-16(10-15(13)3)18-11-19(17-7-5-4-6-14(17)2)24-20(23-18)21-12-22-24/h4-10,12,18-19H,11H2,1-3H3,(H,21,22,23)/t18-,19-/m1/s1. The summed E-state index contributed by atoms with van der Waals surface area (Å²) in [6.45, 7) is 6.49. The molecule has 122 valence electrons. The Bertz CT molecular complexity index is 881. The zero-order valence-electron chi connectivity index (χ0n) is 14.3. The Kier molecular flexibility index (Phi) is 3.60. The fourth-order valence-electron chi connectivity index (χ4n) is 3.54. The van der Waals surface area contributed by atoms with E-state index in [0.29, 0.717) is 0 Å². The van der Waals surface area contributed by atoms with Crippen LogP contribution in [0, 0.1) is 20.8 Å². The molecule has 3 aromatic rings. The molecule has 0 saturated carbocycles. The summed E-state index contributed by atoms with van der Waals surface area (Å²) in [6.07, 6.45) is 2.60. The first-order valence-corrected chi connectivity index (χ1v) is 8.42. The first kappa shape index (κ1) is 14.9.